The van der Waals surface area contributed by atoms with Gasteiger partial charge in [0.1, 0.15) is 6.10 Å². The lowest BCUT2D eigenvalue weighted by Gasteiger charge is -2.48. The highest BCUT2D eigenvalue weighted by Gasteiger charge is 2.40. The molecule has 4 heterocycles. The number of para-hydroxylation sites is 1. The smallest absolute Gasteiger partial charge is 0.303 e. The Labute approximate surface area is 136 Å². The number of fused-ring (bicyclic) bond motifs is 4. The van der Waals surface area contributed by atoms with E-state index in [9.17, 15) is 4.79 Å². The number of hydrogen-bond donors (Lipinski definition) is 0. The summed E-state index contributed by atoms with van der Waals surface area (Å²) in [5, 5.41) is 1.09. The zero-order valence-corrected chi connectivity index (χ0v) is 13.4. The fourth-order valence-electron chi connectivity index (χ4n) is 4.22. The standard InChI is InChI=1S/C19H22N2O2/c1-13(22)23-19(18-12-14-7-10-21(18)11-8-14)16-6-9-20-17-5-3-2-4-15(16)17/h2-6,9,14,18-19H,7-8,10-12H2,1H3/t18-,19-/m0/s1. The molecule has 23 heavy (non-hydrogen) atoms. The lowest BCUT2D eigenvalue weighted by molar-refractivity contribution is -0.153. The minimum absolute atomic E-state index is 0.205. The molecule has 4 heteroatoms. The Morgan fingerprint density at radius 2 is 2.04 bits per heavy atom. The Balaban J connectivity index is 1.77. The molecule has 2 atom stereocenters. The fourth-order valence-corrected chi connectivity index (χ4v) is 4.22. The molecule has 0 N–H and O–H groups in total. The largest absolute Gasteiger partial charge is 0.456 e. The molecule has 3 aliphatic rings. The molecular formula is C19H22N2O2. The number of esters is 1. The molecule has 0 unspecified atom stereocenters. The first-order valence-electron chi connectivity index (χ1n) is 8.47. The van der Waals surface area contributed by atoms with Gasteiger partial charge in [0.15, 0.2) is 0 Å². The number of piperidine rings is 3. The second-order valence-electron chi connectivity index (χ2n) is 6.73. The number of carbonyl (C=O) groups excluding carboxylic acids is 1. The summed E-state index contributed by atoms with van der Waals surface area (Å²) in [5.41, 5.74) is 2.04. The maximum absolute atomic E-state index is 11.8. The number of hydrogen-bond acceptors (Lipinski definition) is 4. The highest BCUT2D eigenvalue weighted by atomic mass is 16.5. The molecule has 0 aliphatic carbocycles. The molecule has 0 amide bonds. The summed E-state index contributed by atoms with van der Waals surface area (Å²) in [7, 11) is 0. The van der Waals surface area contributed by atoms with Gasteiger partial charge in [0.2, 0.25) is 0 Å². The number of pyridine rings is 1. The molecule has 3 aliphatic heterocycles. The van der Waals surface area contributed by atoms with E-state index in [0.29, 0.717) is 0 Å². The van der Waals surface area contributed by atoms with Crippen LogP contribution >= 0.6 is 0 Å². The average molecular weight is 310 g/mol. The molecule has 120 valence electrons. The third-order valence-electron chi connectivity index (χ3n) is 5.32. The molecule has 4 nitrogen and oxygen atoms in total. The topological polar surface area (TPSA) is 42.4 Å². The van der Waals surface area contributed by atoms with Gasteiger partial charge >= 0.3 is 5.97 Å². The van der Waals surface area contributed by atoms with Crippen molar-refractivity contribution in [3.63, 3.8) is 0 Å². The van der Waals surface area contributed by atoms with Gasteiger partial charge in [-0.05, 0) is 50.4 Å². The molecule has 0 saturated carbocycles. The van der Waals surface area contributed by atoms with Crippen LogP contribution in [0.2, 0.25) is 0 Å². The van der Waals surface area contributed by atoms with Gasteiger partial charge in [-0.25, -0.2) is 0 Å². The second-order valence-corrected chi connectivity index (χ2v) is 6.73. The van der Waals surface area contributed by atoms with Crippen molar-refractivity contribution >= 4 is 16.9 Å². The van der Waals surface area contributed by atoms with Crippen molar-refractivity contribution in [1.29, 1.82) is 0 Å². The van der Waals surface area contributed by atoms with Gasteiger partial charge in [-0.15, -0.1) is 0 Å². The van der Waals surface area contributed by atoms with Crippen LogP contribution in [-0.2, 0) is 9.53 Å². The lowest BCUT2D eigenvalue weighted by atomic mass is 9.79. The molecule has 2 aromatic rings. The van der Waals surface area contributed by atoms with Crippen molar-refractivity contribution in [2.24, 2.45) is 5.92 Å². The fraction of sp³-hybridized carbons (Fsp3) is 0.474. The van der Waals surface area contributed by atoms with E-state index in [2.05, 4.69) is 16.0 Å². The van der Waals surface area contributed by atoms with Crippen LogP contribution in [0.25, 0.3) is 10.9 Å². The first-order valence-corrected chi connectivity index (χ1v) is 8.47. The molecule has 2 bridgehead atoms. The van der Waals surface area contributed by atoms with Crippen LogP contribution in [0.5, 0.6) is 0 Å². The first kappa shape index (κ1) is 14.6. The SMILES string of the molecule is CC(=O)O[C@@H](c1ccnc2ccccc12)[C@@H]1CC2CCN1CC2. The zero-order chi connectivity index (χ0) is 15.8. The summed E-state index contributed by atoms with van der Waals surface area (Å²) in [4.78, 5) is 18.7. The van der Waals surface area contributed by atoms with Crippen LogP contribution in [0.3, 0.4) is 0 Å². The minimum Gasteiger partial charge on any atom is -0.456 e. The van der Waals surface area contributed by atoms with E-state index in [1.54, 1.807) is 0 Å². The first-order chi connectivity index (χ1) is 11.2. The van der Waals surface area contributed by atoms with Crippen molar-refractivity contribution in [3.8, 4) is 0 Å². The van der Waals surface area contributed by atoms with E-state index in [1.807, 2.05) is 30.5 Å². The maximum Gasteiger partial charge on any atom is 0.303 e. The van der Waals surface area contributed by atoms with Crippen molar-refractivity contribution in [3.05, 3.63) is 42.1 Å². The van der Waals surface area contributed by atoms with E-state index in [4.69, 9.17) is 4.74 Å². The summed E-state index contributed by atoms with van der Waals surface area (Å²) in [6.07, 6.45) is 5.29. The van der Waals surface area contributed by atoms with Crippen molar-refractivity contribution < 1.29 is 9.53 Å². The molecule has 5 rings (SSSR count). The number of nitrogens with zero attached hydrogens (tertiary/aromatic N) is 2. The number of rotatable bonds is 3. The van der Waals surface area contributed by atoms with Crippen LogP contribution in [0.15, 0.2) is 36.5 Å². The van der Waals surface area contributed by atoms with Gasteiger partial charge in [0, 0.05) is 24.1 Å². The third-order valence-corrected chi connectivity index (χ3v) is 5.32. The van der Waals surface area contributed by atoms with Crippen LogP contribution in [-0.4, -0.2) is 35.0 Å². The molecule has 3 saturated heterocycles. The number of aromatic nitrogens is 1. The Kier molecular flexibility index (Phi) is 3.77. The van der Waals surface area contributed by atoms with Gasteiger partial charge in [-0.1, -0.05) is 18.2 Å². The van der Waals surface area contributed by atoms with E-state index in [1.165, 1.54) is 19.8 Å². The third kappa shape index (κ3) is 2.72. The molecular weight excluding hydrogens is 288 g/mol. The molecule has 1 aromatic heterocycles. The van der Waals surface area contributed by atoms with E-state index >= 15 is 0 Å². The lowest BCUT2D eigenvalue weighted by Crippen LogP contribution is -2.51. The molecule has 3 fully saturated rings. The van der Waals surface area contributed by atoms with E-state index in [0.717, 1.165) is 41.9 Å². The number of ether oxygens (including phenoxy) is 1. The van der Waals surface area contributed by atoms with Crippen LogP contribution in [0.4, 0.5) is 0 Å². The molecule has 1 aromatic carbocycles. The normalized spacial score (nSPS) is 27.8. The molecule has 0 radical (unpaired) electrons. The van der Waals surface area contributed by atoms with Crippen LogP contribution in [0, 0.1) is 5.92 Å². The van der Waals surface area contributed by atoms with Crippen molar-refractivity contribution in [2.75, 3.05) is 13.1 Å². The van der Waals surface area contributed by atoms with Gasteiger partial charge in [0.05, 0.1) is 11.6 Å². The van der Waals surface area contributed by atoms with Gasteiger partial charge in [-0.2, -0.15) is 0 Å². The highest BCUT2D eigenvalue weighted by Crippen LogP contribution is 2.40. The van der Waals surface area contributed by atoms with E-state index < -0.39 is 0 Å². The number of carbonyl (C=O) groups is 1. The molecule has 0 spiro atoms. The summed E-state index contributed by atoms with van der Waals surface area (Å²) in [6.45, 7) is 3.75. The van der Waals surface area contributed by atoms with Crippen molar-refractivity contribution in [2.45, 2.75) is 38.3 Å². The predicted octanol–water partition coefficient (Wildman–Crippen LogP) is 3.32. The summed E-state index contributed by atoms with van der Waals surface area (Å²) >= 11 is 0. The van der Waals surface area contributed by atoms with Crippen molar-refractivity contribution in [1.82, 2.24) is 9.88 Å². The Morgan fingerprint density at radius 1 is 1.26 bits per heavy atom. The number of benzene rings is 1. The predicted molar refractivity (Wildman–Crippen MR) is 89.0 cm³/mol. The summed E-state index contributed by atoms with van der Waals surface area (Å²) in [5.74, 6) is 0.565. The summed E-state index contributed by atoms with van der Waals surface area (Å²) in [6, 6.07) is 10.4. The average Bonchev–Trinajstić information content (AvgIpc) is 2.60. The van der Waals surface area contributed by atoms with Crippen LogP contribution in [0.1, 0.15) is 37.9 Å². The Hall–Kier alpha value is -1.94. The monoisotopic (exact) mass is 310 g/mol. The highest BCUT2D eigenvalue weighted by molar-refractivity contribution is 5.82. The minimum atomic E-state index is -0.210. The summed E-state index contributed by atoms with van der Waals surface area (Å²) < 4.78 is 5.83. The van der Waals surface area contributed by atoms with Gasteiger partial charge in [-0.3, -0.25) is 14.7 Å². The van der Waals surface area contributed by atoms with Crippen LogP contribution < -0.4 is 0 Å². The maximum atomic E-state index is 11.8. The van der Waals surface area contributed by atoms with Gasteiger partial charge < -0.3 is 4.74 Å². The zero-order valence-electron chi connectivity index (χ0n) is 13.4. The quantitative estimate of drug-likeness (QED) is 0.816. The van der Waals surface area contributed by atoms with E-state index in [-0.39, 0.29) is 18.1 Å². The Bertz CT molecular complexity index is 717. The second kappa shape index (κ2) is 5.93. The van der Waals surface area contributed by atoms with Gasteiger partial charge in [0.25, 0.3) is 0 Å². The Morgan fingerprint density at radius 3 is 2.74 bits per heavy atom.